The highest BCUT2D eigenvalue weighted by molar-refractivity contribution is 4.89. The third-order valence-electron chi connectivity index (χ3n) is 4.67. The van der Waals surface area contributed by atoms with Crippen LogP contribution < -0.4 is 0 Å². The van der Waals surface area contributed by atoms with Crippen molar-refractivity contribution >= 4 is 0 Å². The van der Waals surface area contributed by atoms with Crippen LogP contribution in [0.15, 0.2) is 0 Å². The fraction of sp³-hybridized carbons (Fsp3) is 1.00. The van der Waals surface area contributed by atoms with Gasteiger partial charge in [-0.1, -0.05) is 61.8 Å². The van der Waals surface area contributed by atoms with Crippen LogP contribution in [-0.4, -0.2) is 0 Å². The van der Waals surface area contributed by atoms with Crippen LogP contribution >= 0.6 is 0 Å². The molecular formula is C16H34. The van der Waals surface area contributed by atoms with Gasteiger partial charge in [-0.25, -0.2) is 0 Å². The van der Waals surface area contributed by atoms with E-state index in [1.807, 2.05) is 0 Å². The van der Waals surface area contributed by atoms with Crippen LogP contribution in [0.2, 0.25) is 0 Å². The highest BCUT2D eigenvalue weighted by Crippen LogP contribution is 2.49. The largest absolute Gasteiger partial charge is 0.0776 e. The molecule has 0 bridgehead atoms. The van der Waals surface area contributed by atoms with Crippen LogP contribution in [0.25, 0.3) is 0 Å². The van der Waals surface area contributed by atoms with Gasteiger partial charge in [-0.2, -0.15) is 0 Å². The predicted molar refractivity (Wildman–Crippen MR) is 75.7 cm³/mol. The van der Waals surface area contributed by atoms with Gasteiger partial charge >= 0.3 is 0 Å². The van der Waals surface area contributed by atoms with E-state index < -0.39 is 0 Å². The van der Waals surface area contributed by atoms with Crippen LogP contribution in [0.5, 0.6) is 0 Å². The summed E-state index contributed by atoms with van der Waals surface area (Å²) in [5.74, 6) is 1.91. The van der Waals surface area contributed by atoms with E-state index in [1.165, 1.54) is 32.1 Å². The van der Waals surface area contributed by atoms with Crippen molar-refractivity contribution in [2.45, 2.75) is 81.1 Å². The summed E-state index contributed by atoms with van der Waals surface area (Å²) in [6.07, 6.45) is 7.12. The van der Waals surface area contributed by atoms with Crippen molar-refractivity contribution in [1.82, 2.24) is 0 Å². The molecule has 0 N–H and O–H groups in total. The molecule has 1 aliphatic rings. The van der Waals surface area contributed by atoms with Gasteiger partial charge in [0.2, 0.25) is 0 Å². The second kappa shape index (κ2) is 5.56. The Morgan fingerprint density at radius 3 is 2.19 bits per heavy atom. The zero-order chi connectivity index (χ0) is 11.7. The monoisotopic (exact) mass is 226 g/mol. The Morgan fingerprint density at radius 2 is 1.75 bits per heavy atom. The summed E-state index contributed by atoms with van der Waals surface area (Å²) in [7, 11) is 0. The molecule has 0 amide bonds. The molecular weight excluding hydrogens is 192 g/mol. The first-order valence-electron chi connectivity index (χ1n) is 6.77. The summed E-state index contributed by atoms with van der Waals surface area (Å²) in [5, 5.41) is 0. The summed E-state index contributed by atoms with van der Waals surface area (Å²) < 4.78 is 0. The van der Waals surface area contributed by atoms with E-state index in [9.17, 15) is 0 Å². The molecule has 2 atom stereocenters. The number of hydrogen-bond donors (Lipinski definition) is 0. The Bertz CT molecular complexity index is 195. The Morgan fingerprint density at radius 1 is 1.19 bits per heavy atom. The van der Waals surface area contributed by atoms with Gasteiger partial charge in [-0.3, -0.25) is 0 Å². The van der Waals surface area contributed by atoms with Gasteiger partial charge in [-0.05, 0) is 41.9 Å². The van der Waals surface area contributed by atoms with Crippen LogP contribution in [-0.2, 0) is 0 Å². The van der Waals surface area contributed by atoms with Gasteiger partial charge in [0, 0.05) is 0 Å². The van der Waals surface area contributed by atoms with Gasteiger partial charge in [0.15, 0.2) is 0 Å². The van der Waals surface area contributed by atoms with E-state index in [2.05, 4.69) is 41.5 Å². The zero-order valence-corrected chi connectivity index (χ0v) is 11.7. The van der Waals surface area contributed by atoms with Crippen molar-refractivity contribution < 1.29 is 0 Å². The first-order chi connectivity index (χ1) is 6.77. The smallest absolute Gasteiger partial charge is 0.0326 e. The summed E-state index contributed by atoms with van der Waals surface area (Å²) in [6.45, 7) is 14.5. The molecule has 16 heavy (non-hydrogen) atoms. The molecule has 0 spiro atoms. The third-order valence-corrected chi connectivity index (χ3v) is 4.67. The highest BCUT2D eigenvalue weighted by Gasteiger charge is 2.39. The molecule has 1 rings (SSSR count). The zero-order valence-electron chi connectivity index (χ0n) is 11.7. The average molecular weight is 226 g/mol. The second-order valence-electron chi connectivity index (χ2n) is 7.31. The summed E-state index contributed by atoms with van der Waals surface area (Å²) >= 11 is 0. The lowest BCUT2D eigenvalue weighted by Gasteiger charge is -2.46. The molecule has 2 unspecified atom stereocenters. The first-order valence-corrected chi connectivity index (χ1v) is 6.77. The van der Waals surface area contributed by atoms with E-state index in [-0.39, 0.29) is 7.43 Å². The molecule has 0 heterocycles. The standard InChI is InChI=1S/C15H30.CH4/c1-7-8-13-11-12(14(2,3)4)9-10-15(13,5)6;/h12-13H,7-11H2,1-6H3;1H4. The molecule has 0 heteroatoms. The second-order valence-corrected chi connectivity index (χ2v) is 7.31. The molecule has 1 saturated carbocycles. The molecule has 0 radical (unpaired) electrons. The third kappa shape index (κ3) is 3.79. The quantitative estimate of drug-likeness (QED) is 0.549. The molecule has 1 aliphatic carbocycles. The van der Waals surface area contributed by atoms with Gasteiger partial charge in [-0.15, -0.1) is 0 Å². The number of hydrogen-bond acceptors (Lipinski definition) is 0. The lowest BCUT2D eigenvalue weighted by atomic mass is 9.59. The average Bonchev–Trinajstić information content (AvgIpc) is 2.06. The molecule has 0 nitrogen and oxygen atoms in total. The fourth-order valence-corrected chi connectivity index (χ4v) is 3.17. The van der Waals surface area contributed by atoms with E-state index in [0.717, 1.165) is 11.8 Å². The summed E-state index contributed by atoms with van der Waals surface area (Å²) in [4.78, 5) is 0. The minimum atomic E-state index is 0. The van der Waals surface area contributed by atoms with Gasteiger partial charge < -0.3 is 0 Å². The van der Waals surface area contributed by atoms with Crippen molar-refractivity contribution in [3.8, 4) is 0 Å². The van der Waals surface area contributed by atoms with Crippen LogP contribution in [0.4, 0.5) is 0 Å². The minimum absolute atomic E-state index is 0. The maximum atomic E-state index is 2.48. The topological polar surface area (TPSA) is 0 Å². The van der Waals surface area contributed by atoms with Crippen molar-refractivity contribution in [1.29, 1.82) is 0 Å². The fourth-order valence-electron chi connectivity index (χ4n) is 3.17. The van der Waals surface area contributed by atoms with Gasteiger partial charge in [0.25, 0.3) is 0 Å². The van der Waals surface area contributed by atoms with Crippen LogP contribution in [0.1, 0.15) is 81.1 Å². The van der Waals surface area contributed by atoms with E-state index in [1.54, 1.807) is 0 Å². The molecule has 0 aromatic rings. The van der Waals surface area contributed by atoms with Crippen molar-refractivity contribution in [3.63, 3.8) is 0 Å². The Kier molecular flexibility index (Phi) is 5.56. The van der Waals surface area contributed by atoms with Gasteiger partial charge in [0.1, 0.15) is 0 Å². The van der Waals surface area contributed by atoms with E-state index >= 15 is 0 Å². The highest BCUT2D eigenvalue weighted by atomic mass is 14.4. The van der Waals surface area contributed by atoms with Crippen molar-refractivity contribution in [2.24, 2.45) is 22.7 Å². The van der Waals surface area contributed by atoms with Crippen molar-refractivity contribution in [3.05, 3.63) is 0 Å². The Labute approximate surface area is 104 Å². The Balaban J connectivity index is 0.00000225. The maximum Gasteiger partial charge on any atom is -0.0326 e. The lowest BCUT2D eigenvalue weighted by Crippen LogP contribution is -2.36. The molecule has 0 aliphatic heterocycles. The minimum Gasteiger partial charge on any atom is -0.0776 e. The van der Waals surface area contributed by atoms with Crippen LogP contribution in [0.3, 0.4) is 0 Å². The molecule has 0 aromatic heterocycles. The normalized spacial score (nSPS) is 29.6. The summed E-state index contributed by atoms with van der Waals surface area (Å²) in [6, 6.07) is 0. The molecule has 0 aromatic carbocycles. The summed E-state index contributed by atoms with van der Waals surface area (Å²) in [5.41, 5.74) is 1.11. The molecule has 0 saturated heterocycles. The van der Waals surface area contributed by atoms with E-state index in [0.29, 0.717) is 10.8 Å². The number of rotatable bonds is 2. The van der Waals surface area contributed by atoms with E-state index in [4.69, 9.17) is 0 Å². The Hall–Kier alpha value is 0. The van der Waals surface area contributed by atoms with Crippen molar-refractivity contribution in [2.75, 3.05) is 0 Å². The predicted octanol–water partition coefficient (Wildman–Crippen LogP) is 5.91. The molecule has 1 fully saturated rings. The van der Waals surface area contributed by atoms with Crippen LogP contribution in [0, 0.1) is 22.7 Å². The lowest BCUT2D eigenvalue weighted by molar-refractivity contribution is 0.0428. The van der Waals surface area contributed by atoms with Gasteiger partial charge in [0.05, 0.1) is 0 Å². The molecule has 98 valence electrons. The SMILES string of the molecule is C.CCCC1CC(C(C)(C)C)CCC1(C)C. The first kappa shape index (κ1) is 16.0. The maximum absolute atomic E-state index is 2.48.